The summed E-state index contributed by atoms with van der Waals surface area (Å²) in [6, 6.07) is 12.2. The second-order valence-electron chi connectivity index (χ2n) is 9.61. The van der Waals surface area contributed by atoms with Crippen LogP contribution < -0.4 is 9.47 Å². The standard InChI is InChI=1S/C26H28N4O6S/c31-24(16-18-3-8-22-23(15-18)35-17-34-22)29-13-9-19(10-14-29)25-27-26(36-28-25)20-4-6-21(7-5-20)37(32,33)30-11-1-2-12-30/h3-8,15,19H,1-2,9-14,16-17H2. The third kappa shape index (κ3) is 4.80. The second kappa shape index (κ2) is 9.79. The molecule has 10 nitrogen and oxygen atoms in total. The largest absolute Gasteiger partial charge is 0.454 e. The van der Waals surface area contributed by atoms with Crippen molar-refractivity contribution in [2.45, 2.75) is 42.9 Å². The Balaban J connectivity index is 1.05. The minimum atomic E-state index is -3.46. The maximum Gasteiger partial charge on any atom is 0.257 e. The van der Waals surface area contributed by atoms with Gasteiger partial charge in [-0.25, -0.2) is 8.42 Å². The van der Waals surface area contributed by atoms with Gasteiger partial charge in [0.2, 0.25) is 22.7 Å². The molecule has 1 aromatic heterocycles. The SMILES string of the molecule is O=C(Cc1ccc2c(c1)OCO2)N1CCC(c2noc(-c3ccc(S(=O)(=O)N4CCCC4)cc3)n2)CC1. The normalized spacial score (nSPS) is 18.4. The Morgan fingerprint density at radius 1 is 0.946 bits per heavy atom. The average molecular weight is 525 g/mol. The molecule has 11 heteroatoms. The molecular formula is C26H28N4O6S. The van der Waals surface area contributed by atoms with Crippen LogP contribution in [0.2, 0.25) is 0 Å². The van der Waals surface area contributed by atoms with E-state index in [0.717, 1.165) is 31.2 Å². The van der Waals surface area contributed by atoms with E-state index in [1.54, 1.807) is 24.3 Å². The topological polar surface area (TPSA) is 115 Å². The van der Waals surface area contributed by atoms with E-state index in [1.807, 2.05) is 23.1 Å². The van der Waals surface area contributed by atoms with Crippen molar-refractivity contribution in [2.24, 2.45) is 0 Å². The van der Waals surface area contributed by atoms with Crippen molar-refractivity contribution < 1.29 is 27.2 Å². The summed E-state index contributed by atoms with van der Waals surface area (Å²) in [6.45, 7) is 2.60. The van der Waals surface area contributed by atoms with Gasteiger partial charge in [-0.2, -0.15) is 9.29 Å². The molecule has 4 heterocycles. The van der Waals surface area contributed by atoms with Gasteiger partial charge in [0, 0.05) is 37.7 Å². The molecule has 0 unspecified atom stereocenters. The van der Waals surface area contributed by atoms with E-state index < -0.39 is 10.0 Å². The number of rotatable bonds is 6. The number of benzene rings is 2. The van der Waals surface area contributed by atoms with Crippen molar-refractivity contribution in [1.82, 2.24) is 19.3 Å². The number of carbonyl (C=O) groups is 1. The molecule has 2 aromatic carbocycles. The number of hydrogen-bond donors (Lipinski definition) is 0. The van der Waals surface area contributed by atoms with Crippen LogP contribution >= 0.6 is 0 Å². The van der Waals surface area contributed by atoms with Crippen LogP contribution in [0.1, 0.15) is 43.0 Å². The number of nitrogens with zero attached hydrogens (tertiary/aromatic N) is 4. The highest BCUT2D eigenvalue weighted by molar-refractivity contribution is 7.89. The van der Waals surface area contributed by atoms with Crippen LogP contribution in [0, 0.1) is 0 Å². The molecule has 0 spiro atoms. The van der Waals surface area contributed by atoms with Gasteiger partial charge >= 0.3 is 0 Å². The fourth-order valence-corrected chi connectivity index (χ4v) is 6.61. The first-order valence-electron chi connectivity index (χ1n) is 12.6. The van der Waals surface area contributed by atoms with Crippen molar-refractivity contribution in [2.75, 3.05) is 33.0 Å². The number of carbonyl (C=O) groups excluding carboxylic acids is 1. The number of piperidine rings is 1. The summed E-state index contributed by atoms with van der Waals surface area (Å²) in [6.07, 6.45) is 3.61. The quantitative estimate of drug-likeness (QED) is 0.483. The van der Waals surface area contributed by atoms with Crippen LogP contribution in [0.5, 0.6) is 11.5 Å². The van der Waals surface area contributed by atoms with E-state index in [-0.39, 0.29) is 23.5 Å². The van der Waals surface area contributed by atoms with Gasteiger partial charge in [-0.3, -0.25) is 4.79 Å². The fraction of sp³-hybridized carbons (Fsp3) is 0.423. The van der Waals surface area contributed by atoms with Crippen LogP contribution in [0.4, 0.5) is 0 Å². The summed E-state index contributed by atoms with van der Waals surface area (Å²) in [5.74, 6) is 2.55. The van der Waals surface area contributed by atoms with E-state index in [0.29, 0.717) is 61.4 Å². The van der Waals surface area contributed by atoms with Gasteiger partial charge in [-0.1, -0.05) is 11.2 Å². The van der Waals surface area contributed by atoms with E-state index in [1.165, 1.54) is 4.31 Å². The highest BCUT2D eigenvalue weighted by atomic mass is 32.2. The van der Waals surface area contributed by atoms with Crippen LogP contribution in [-0.2, 0) is 21.2 Å². The minimum Gasteiger partial charge on any atom is -0.454 e. The van der Waals surface area contributed by atoms with E-state index in [4.69, 9.17) is 14.0 Å². The minimum absolute atomic E-state index is 0.0788. The summed E-state index contributed by atoms with van der Waals surface area (Å²) in [5, 5.41) is 4.18. The Hall–Kier alpha value is -3.44. The second-order valence-corrected chi connectivity index (χ2v) is 11.6. The molecule has 2 saturated heterocycles. The first-order valence-corrected chi connectivity index (χ1v) is 14.0. The van der Waals surface area contributed by atoms with Gasteiger partial charge in [-0.15, -0.1) is 0 Å². The number of fused-ring (bicyclic) bond motifs is 1. The zero-order valence-electron chi connectivity index (χ0n) is 20.3. The molecule has 3 aliphatic rings. The summed E-state index contributed by atoms with van der Waals surface area (Å²) in [7, 11) is -3.46. The summed E-state index contributed by atoms with van der Waals surface area (Å²) < 4.78 is 43.3. The molecule has 0 aliphatic carbocycles. The zero-order chi connectivity index (χ0) is 25.4. The third-order valence-electron chi connectivity index (χ3n) is 7.25. The molecule has 3 aliphatic heterocycles. The molecule has 0 N–H and O–H groups in total. The molecule has 3 aromatic rings. The summed E-state index contributed by atoms with van der Waals surface area (Å²) in [5.41, 5.74) is 1.58. The lowest BCUT2D eigenvalue weighted by atomic mass is 9.95. The van der Waals surface area contributed by atoms with Gasteiger partial charge < -0.3 is 18.9 Å². The van der Waals surface area contributed by atoms with Crippen molar-refractivity contribution in [1.29, 1.82) is 0 Å². The highest BCUT2D eigenvalue weighted by Gasteiger charge is 2.29. The molecular weight excluding hydrogens is 496 g/mol. The first kappa shape index (κ1) is 23.9. The van der Waals surface area contributed by atoms with Crippen molar-refractivity contribution >= 4 is 15.9 Å². The number of likely N-dealkylation sites (tertiary alicyclic amines) is 1. The molecule has 0 radical (unpaired) electrons. The molecule has 6 rings (SSSR count). The van der Waals surface area contributed by atoms with Gasteiger partial charge in [0.1, 0.15) is 0 Å². The predicted molar refractivity (Wildman–Crippen MR) is 133 cm³/mol. The third-order valence-corrected chi connectivity index (χ3v) is 9.16. The lowest BCUT2D eigenvalue weighted by Gasteiger charge is -2.30. The Bertz CT molecular complexity index is 1390. The number of amides is 1. The number of aromatic nitrogens is 2. The van der Waals surface area contributed by atoms with Gasteiger partial charge in [0.05, 0.1) is 11.3 Å². The van der Waals surface area contributed by atoms with Crippen LogP contribution in [-0.4, -0.2) is 66.6 Å². The maximum absolute atomic E-state index is 12.8. The van der Waals surface area contributed by atoms with Crippen LogP contribution in [0.25, 0.3) is 11.5 Å². The van der Waals surface area contributed by atoms with Gasteiger partial charge in [-0.05, 0) is 67.6 Å². The predicted octanol–water partition coefficient (Wildman–Crippen LogP) is 3.20. The van der Waals surface area contributed by atoms with Crippen molar-refractivity contribution in [3.8, 4) is 23.0 Å². The van der Waals surface area contributed by atoms with Crippen LogP contribution in [0.3, 0.4) is 0 Å². The molecule has 1 amide bonds. The van der Waals surface area contributed by atoms with Gasteiger partial charge in [0.25, 0.3) is 5.89 Å². The van der Waals surface area contributed by atoms with Crippen molar-refractivity contribution in [3.05, 3.63) is 53.9 Å². The monoisotopic (exact) mass is 524 g/mol. The van der Waals surface area contributed by atoms with E-state index >= 15 is 0 Å². The number of ether oxygens (including phenoxy) is 2. The fourth-order valence-electron chi connectivity index (χ4n) is 5.09. The van der Waals surface area contributed by atoms with Crippen molar-refractivity contribution in [3.63, 3.8) is 0 Å². The average Bonchev–Trinajstić information content (AvgIpc) is 3.71. The Morgan fingerprint density at radius 3 is 2.43 bits per heavy atom. The maximum atomic E-state index is 12.8. The molecule has 194 valence electrons. The highest BCUT2D eigenvalue weighted by Crippen LogP contribution is 2.33. The molecule has 0 atom stereocenters. The summed E-state index contributed by atoms with van der Waals surface area (Å²) in [4.78, 5) is 19.6. The Morgan fingerprint density at radius 2 is 1.68 bits per heavy atom. The number of hydrogen-bond acceptors (Lipinski definition) is 8. The first-order chi connectivity index (χ1) is 18.0. The summed E-state index contributed by atoms with van der Waals surface area (Å²) >= 11 is 0. The van der Waals surface area contributed by atoms with Gasteiger partial charge in [0.15, 0.2) is 17.3 Å². The lowest BCUT2D eigenvalue weighted by Crippen LogP contribution is -2.39. The van der Waals surface area contributed by atoms with E-state index in [2.05, 4.69) is 10.1 Å². The number of sulfonamides is 1. The smallest absolute Gasteiger partial charge is 0.257 e. The van der Waals surface area contributed by atoms with E-state index in [9.17, 15) is 13.2 Å². The van der Waals surface area contributed by atoms with Crippen LogP contribution in [0.15, 0.2) is 51.9 Å². The molecule has 37 heavy (non-hydrogen) atoms. The molecule has 0 bridgehead atoms. The zero-order valence-corrected chi connectivity index (χ0v) is 21.2. The Labute approximate surface area is 215 Å². The Kier molecular flexibility index (Phi) is 6.33. The molecule has 2 fully saturated rings. The lowest BCUT2D eigenvalue weighted by molar-refractivity contribution is -0.131. The molecule has 0 saturated carbocycles.